The first-order valence-electron chi connectivity index (χ1n) is 27.9. The van der Waals surface area contributed by atoms with E-state index in [1.54, 1.807) is 13.8 Å². The predicted octanol–water partition coefficient (Wildman–Crippen LogP) is 17.1. The third kappa shape index (κ3) is 31.7. The lowest BCUT2D eigenvalue weighted by Crippen LogP contribution is -2.30. The van der Waals surface area contributed by atoms with Crippen LogP contribution in [0.5, 0.6) is 11.5 Å². The summed E-state index contributed by atoms with van der Waals surface area (Å²) in [6, 6.07) is 11.6. The molecule has 2 atom stereocenters. The van der Waals surface area contributed by atoms with E-state index in [1.165, 1.54) is 180 Å². The van der Waals surface area contributed by atoms with Gasteiger partial charge in [-0.3, -0.25) is 0 Å². The van der Waals surface area contributed by atoms with E-state index in [0.29, 0.717) is 35.9 Å². The summed E-state index contributed by atoms with van der Waals surface area (Å²) < 4.78 is 36.1. The lowest BCUT2D eigenvalue weighted by atomic mass is 10.0. The van der Waals surface area contributed by atoms with Gasteiger partial charge in [0, 0.05) is 35.1 Å². The van der Waals surface area contributed by atoms with Gasteiger partial charge in [0.2, 0.25) is 0 Å². The topological polar surface area (TPSA) is 89.5 Å². The van der Waals surface area contributed by atoms with Gasteiger partial charge >= 0.3 is 11.9 Å². The number of unbranched alkanes of at least 4 members (excludes halogenated alkanes) is 30. The van der Waals surface area contributed by atoms with Gasteiger partial charge in [-0.2, -0.15) is 0 Å². The van der Waals surface area contributed by atoms with Crippen LogP contribution in [0.3, 0.4) is 0 Å². The first-order valence-corrected chi connectivity index (χ1v) is 27.9. The summed E-state index contributed by atoms with van der Waals surface area (Å²) in [6.07, 6.45) is 41.2. The molecule has 0 fully saturated rings. The molecule has 2 rings (SSSR count). The molecule has 8 nitrogen and oxygen atoms in total. The van der Waals surface area contributed by atoms with Crippen LogP contribution < -0.4 is 9.47 Å². The molecule has 0 aliphatic carbocycles. The van der Waals surface area contributed by atoms with Crippen LogP contribution in [0.25, 0.3) is 10.8 Å². The number of carbonyl (C=O) groups excluding carboxylic acids is 2. The Hall–Kier alpha value is -3.36. The molecule has 0 spiro atoms. The lowest BCUT2D eigenvalue weighted by molar-refractivity contribution is -0.150. The molecule has 2 aromatic rings. The van der Waals surface area contributed by atoms with Gasteiger partial charge in [0.05, 0.1) is 13.2 Å². The van der Waals surface area contributed by atoms with E-state index in [0.717, 1.165) is 36.5 Å². The average Bonchev–Trinajstić information content (AvgIpc) is 3.33. The predicted molar refractivity (Wildman–Crippen MR) is 285 cm³/mol. The minimum atomic E-state index is -0.599. The van der Waals surface area contributed by atoms with Crippen molar-refractivity contribution in [3.05, 3.63) is 60.7 Å². The van der Waals surface area contributed by atoms with E-state index in [1.807, 2.05) is 36.4 Å². The van der Waals surface area contributed by atoms with Crippen LogP contribution in [0.1, 0.15) is 233 Å². The Kier molecular flexibility index (Phi) is 38.0. The van der Waals surface area contributed by atoms with Crippen LogP contribution in [-0.2, 0) is 28.5 Å². The highest BCUT2D eigenvalue weighted by Crippen LogP contribution is 2.33. The van der Waals surface area contributed by atoms with Crippen LogP contribution in [0, 0.1) is 0 Å². The van der Waals surface area contributed by atoms with Gasteiger partial charge in [0.25, 0.3) is 0 Å². The number of carbonyl (C=O) groups is 2. The third-order valence-corrected chi connectivity index (χ3v) is 12.8. The van der Waals surface area contributed by atoms with Gasteiger partial charge < -0.3 is 28.4 Å². The number of benzene rings is 2. The number of esters is 2. The second-order valence-electron chi connectivity index (χ2n) is 19.6. The molecular formula is C60H100O8. The molecule has 68 heavy (non-hydrogen) atoms. The molecule has 0 aliphatic rings. The molecule has 8 heteroatoms. The summed E-state index contributed by atoms with van der Waals surface area (Å²) >= 11 is 0. The van der Waals surface area contributed by atoms with E-state index in [4.69, 9.17) is 28.4 Å². The maximum atomic E-state index is 12.6. The Morgan fingerprint density at radius 2 is 0.662 bits per heavy atom. The van der Waals surface area contributed by atoms with Gasteiger partial charge in [-0.1, -0.05) is 244 Å². The van der Waals surface area contributed by atoms with Crippen molar-refractivity contribution in [3.63, 3.8) is 0 Å². The van der Waals surface area contributed by atoms with Gasteiger partial charge in [-0.15, -0.1) is 0 Å². The van der Waals surface area contributed by atoms with E-state index < -0.39 is 24.1 Å². The first kappa shape index (κ1) is 60.8. The quantitative estimate of drug-likeness (QED) is 0.0368. The largest absolute Gasteiger partial charge is 0.489 e. The number of ether oxygens (including phenoxy) is 6. The molecule has 0 saturated heterocycles. The number of rotatable bonds is 48. The van der Waals surface area contributed by atoms with Gasteiger partial charge in [-0.05, 0) is 38.8 Å². The van der Waals surface area contributed by atoms with Crippen LogP contribution in [0.2, 0.25) is 0 Å². The molecule has 388 valence electrons. The third-order valence-electron chi connectivity index (χ3n) is 12.8. The number of hydrogen-bond donors (Lipinski definition) is 0. The summed E-state index contributed by atoms with van der Waals surface area (Å²) in [6.45, 7) is 17.3. The van der Waals surface area contributed by atoms with E-state index in [9.17, 15) is 9.59 Å². The number of hydrogen-bond acceptors (Lipinski definition) is 8. The molecule has 0 bridgehead atoms. The highest BCUT2D eigenvalue weighted by atomic mass is 16.6. The molecular weight excluding hydrogens is 849 g/mol. The SMILES string of the molecule is C=C(C)C(=O)OC(COCCCCCCCCCCCCCCCCCC)COc1cccc2c(OCC(COCCCCCCCCCCCCCCCCCC)OC(=O)C(=C)C)cccc12. The monoisotopic (exact) mass is 949 g/mol. The van der Waals surface area contributed by atoms with Crippen molar-refractivity contribution in [2.75, 3.05) is 39.6 Å². The molecule has 0 aromatic heterocycles. The molecule has 0 saturated carbocycles. The maximum Gasteiger partial charge on any atom is 0.333 e. The minimum absolute atomic E-state index is 0.123. The van der Waals surface area contributed by atoms with E-state index >= 15 is 0 Å². The highest BCUT2D eigenvalue weighted by Gasteiger charge is 2.20. The molecule has 0 aliphatic heterocycles. The summed E-state index contributed by atoms with van der Waals surface area (Å²) in [5.41, 5.74) is 0.662. The summed E-state index contributed by atoms with van der Waals surface area (Å²) in [7, 11) is 0. The first-order chi connectivity index (χ1) is 33.3. The summed E-state index contributed by atoms with van der Waals surface area (Å²) in [4.78, 5) is 25.1. The van der Waals surface area contributed by atoms with E-state index in [2.05, 4.69) is 27.0 Å². The molecule has 0 heterocycles. The van der Waals surface area contributed by atoms with Gasteiger partial charge in [0.15, 0.2) is 12.2 Å². The summed E-state index contributed by atoms with van der Waals surface area (Å²) in [5, 5.41) is 1.69. The Morgan fingerprint density at radius 1 is 0.397 bits per heavy atom. The van der Waals surface area contributed by atoms with Crippen molar-refractivity contribution >= 4 is 22.7 Å². The zero-order chi connectivity index (χ0) is 49.1. The standard InChI is InChI=1S/C60H100O8/c1-7-9-11-13-15-17-19-21-23-25-27-29-31-33-35-37-45-63-47-53(67-59(61)51(3)4)49-65-57-43-39-42-56-55(57)41-40-44-58(56)66-50-54(68-60(62)52(5)6)48-64-46-38-36-34-32-30-28-26-24-22-20-18-16-14-12-10-8-2/h39-44,53-54H,3,5,7-38,45-50H2,1-2,4,6H3. The smallest absolute Gasteiger partial charge is 0.333 e. The van der Waals surface area contributed by atoms with Crippen molar-refractivity contribution in [3.8, 4) is 11.5 Å². The second kappa shape index (κ2) is 42.5. The second-order valence-corrected chi connectivity index (χ2v) is 19.6. The van der Waals surface area contributed by atoms with Crippen LogP contribution in [-0.4, -0.2) is 63.8 Å². The fourth-order valence-corrected chi connectivity index (χ4v) is 8.54. The van der Waals surface area contributed by atoms with Crippen molar-refractivity contribution in [1.29, 1.82) is 0 Å². The molecule has 0 amide bonds. The molecule has 0 N–H and O–H groups in total. The van der Waals surface area contributed by atoms with Crippen molar-refractivity contribution in [2.24, 2.45) is 0 Å². The Labute approximate surface area is 416 Å². The number of fused-ring (bicyclic) bond motifs is 1. The van der Waals surface area contributed by atoms with Crippen LogP contribution in [0.4, 0.5) is 0 Å². The van der Waals surface area contributed by atoms with Gasteiger partial charge in [-0.25, -0.2) is 9.59 Å². The highest BCUT2D eigenvalue weighted by molar-refractivity contribution is 5.93. The fourth-order valence-electron chi connectivity index (χ4n) is 8.54. The molecule has 0 radical (unpaired) electrons. The minimum Gasteiger partial charge on any atom is -0.489 e. The van der Waals surface area contributed by atoms with Crippen molar-refractivity contribution < 1.29 is 38.0 Å². The zero-order valence-corrected chi connectivity index (χ0v) is 44.2. The van der Waals surface area contributed by atoms with Crippen LogP contribution >= 0.6 is 0 Å². The van der Waals surface area contributed by atoms with Crippen molar-refractivity contribution in [2.45, 2.75) is 245 Å². The molecule has 2 unspecified atom stereocenters. The van der Waals surface area contributed by atoms with Crippen molar-refractivity contribution in [1.82, 2.24) is 0 Å². The fraction of sp³-hybridized carbons (Fsp3) is 0.733. The van der Waals surface area contributed by atoms with Crippen LogP contribution in [0.15, 0.2) is 60.7 Å². The Bertz CT molecular complexity index is 1450. The van der Waals surface area contributed by atoms with E-state index in [-0.39, 0.29) is 26.4 Å². The Morgan fingerprint density at radius 3 is 0.926 bits per heavy atom. The van der Waals surface area contributed by atoms with Gasteiger partial charge in [0.1, 0.15) is 24.7 Å². The lowest BCUT2D eigenvalue weighted by Gasteiger charge is -2.21. The normalized spacial score (nSPS) is 12.2. The summed E-state index contributed by atoms with van der Waals surface area (Å²) in [5.74, 6) is 0.340. The molecule has 2 aromatic carbocycles. The maximum absolute atomic E-state index is 12.6. The Balaban J connectivity index is 1.73. The zero-order valence-electron chi connectivity index (χ0n) is 44.2. The average molecular weight is 949 g/mol.